The molecule has 0 bridgehead atoms. The number of ether oxygens (including phenoxy) is 2. The fourth-order valence-electron chi connectivity index (χ4n) is 2.09. The molecule has 1 N–H and O–H groups in total. The molecule has 0 aromatic heterocycles. The second-order valence-electron chi connectivity index (χ2n) is 4.81. The van der Waals surface area contributed by atoms with E-state index in [-0.39, 0.29) is 12.0 Å². The van der Waals surface area contributed by atoms with Gasteiger partial charge in [-0.25, -0.2) is 0 Å². The predicted octanol–water partition coefficient (Wildman–Crippen LogP) is 2.94. The first-order valence-corrected chi connectivity index (χ1v) is 8.30. The van der Waals surface area contributed by atoms with Crippen LogP contribution in [0.4, 0.5) is 5.69 Å². The number of carbonyl (C=O) groups excluding carboxylic acids is 1. The van der Waals surface area contributed by atoms with Gasteiger partial charge in [-0.05, 0) is 49.8 Å². The summed E-state index contributed by atoms with van der Waals surface area (Å²) in [5.41, 5.74) is 0.797. The van der Waals surface area contributed by atoms with Crippen molar-refractivity contribution < 1.29 is 14.3 Å². The van der Waals surface area contributed by atoms with Crippen molar-refractivity contribution in [2.45, 2.75) is 25.4 Å². The second-order valence-corrected chi connectivity index (χ2v) is 5.67. The van der Waals surface area contributed by atoms with Crippen molar-refractivity contribution in [3.05, 3.63) is 24.3 Å². The number of hydrogen-bond donors (Lipinski definition) is 1. The van der Waals surface area contributed by atoms with E-state index in [1.54, 1.807) is 0 Å². The number of hydrogen-bond acceptors (Lipinski definition) is 4. The minimum atomic E-state index is 0.0155. The van der Waals surface area contributed by atoms with Crippen LogP contribution in [-0.4, -0.2) is 37.2 Å². The molecular weight excluding hydrogens is 274 g/mol. The number of carbonyl (C=O) groups is 1. The number of anilines is 1. The van der Waals surface area contributed by atoms with Crippen LogP contribution < -0.4 is 10.1 Å². The van der Waals surface area contributed by atoms with Crippen LogP contribution in [0.3, 0.4) is 0 Å². The summed E-state index contributed by atoms with van der Waals surface area (Å²) in [6.07, 6.45) is 5.56. The topological polar surface area (TPSA) is 47.6 Å². The van der Waals surface area contributed by atoms with Gasteiger partial charge < -0.3 is 14.8 Å². The predicted molar refractivity (Wildman–Crippen MR) is 82.5 cm³/mol. The highest BCUT2D eigenvalue weighted by atomic mass is 32.2. The number of nitrogens with one attached hydrogen (secondary N) is 1. The monoisotopic (exact) mass is 295 g/mol. The molecule has 20 heavy (non-hydrogen) atoms. The lowest BCUT2D eigenvalue weighted by molar-refractivity contribution is -0.113. The van der Waals surface area contributed by atoms with Crippen LogP contribution in [0.25, 0.3) is 0 Å². The molecule has 1 aromatic rings. The Morgan fingerprint density at radius 1 is 1.40 bits per heavy atom. The van der Waals surface area contributed by atoms with Gasteiger partial charge in [0.05, 0.1) is 11.9 Å². The number of benzene rings is 1. The molecule has 110 valence electrons. The number of rotatable bonds is 6. The zero-order valence-electron chi connectivity index (χ0n) is 11.8. The second kappa shape index (κ2) is 8.17. The third kappa shape index (κ3) is 5.06. The molecule has 4 nitrogen and oxygen atoms in total. The highest BCUT2D eigenvalue weighted by Crippen LogP contribution is 2.18. The average molecular weight is 295 g/mol. The molecule has 1 saturated heterocycles. The van der Waals surface area contributed by atoms with E-state index in [1.165, 1.54) is 18.2 Å². The molecule has 1 amide bonds. The van der Waals surface area contributed by atoms with E-state index in [0.717, 1.165) is 30.9 Å². The maximum absolute atomic E-state index is 11.4. The van der Waals surface area contributed by atoms with E-state index in [0.29, 0.717) is 12.4 Å². The zero-order valence-corrected chi connectivity index (χ0v) is 12.6. The van der Waals surface area contributed by atoms with E-state index in [4.69, 9.17) is 9.47 Å². The summed E-state index contributed by atoms with van der Waals surface area (Å²) in [5.74, 6) is 1.29. The van der Waals surface area contributed by atoms with Gasteiger partial charge in [0.15, 0.2) is 0 Å². The normalized spacial score (nSPS) is 18.6. The summed E-state index contributed by atoms with van der Waals surface area (Å²) >= 11 is 1.51. The minimum absolute atomic E-state index is 0.0155. The molecule has 1 aliphatic heterocycles. The largest absolute Gasteiger partial charge is 0.491 e. The van der Waals surface area contributed by atoms with Gasteiger partial charge in [0.25, 0.3) is 0 Å². The van der Waals surface area contributed by atoms with E-state index < -0.39 is 0 Å². The minimum Gasteiger partial charge on any atom is -0.491 e. The summed E-state index contributed by atoms with van der Waals surface area (Å²) in [5, 5.41) is 2.84. The summed E-state index contributed by atoms with van der Waals surface area (Å²) in [6.45, 7) is 1.44. The molecule has 1 atom stereocenters. The van der Waals surface area contributed by atoms with Gasteiger partial charge in [-0.15, -0.1) is 0 Å². The van der Waals surface area contributed by atoms with Crippen molar-refractivity contribution in [2.24, 2.45) is 0 Å². The lowest BCUT2D eigenvalue weighted by Crippen LogP contribution is -2.25. The first-order chi connectivity index (χ1) is 9.78. The van der Waals surface area contributed by atoms with Crippen LogP contribution in [-0.2, 0) is 9.53 Å². The highest BCUT2D eigenvalue weighted by molar-refractivity contribution is 7.99. The fourth-order valence-corrected chi connectivity index (χ4v) is 2.43. The summed E-state index contributed by atoms with van der Waals surface area (Å²) in [6, 6.07) is 7.46. The zero-order chi connectivity index (χ0) is 14.2. The summed E-state index contributed by atoms with van der Waals surface area (Å²) in [4.78, 5) is 11.4. The smallest absolute Gasteiger partial charge is 0.234 e. The van der Waals surface area contributed by atoms with Crippen LogP contribution >= 0.6 is 11.8 Å². The quantitative estimate of drug-likeness (QED) is 0.876. The molecule has 5 heteroatoms. The van der Waals surface area contributed by atoms with Crippen molar-refractivity contribution in [1.29, 1.82) is 0 Å². The van der Waals surface area contributed by atoms with E-state index in [2.05, 4.69) is 5.32 Å². The Hall–Kier alpha value is -1.20. The Labute approximate surface area is 124 Å². The maximum Gasteiger partial charge on any atom is 0.234 e. The van der Waals surface area contributed by atoms with Crippen LogP contribution in [0.15, 0.2) is 24.3 Å². The SMILES string of the molecule is CSCC(=O)Nc1ccc(OCC2CCCCO2)cc1. The first kappa shape index (κ1) is 15.2. The third-order valence-corrected chi connectivity index (χ3v) is 3.67. The number of thioether (sulfide) groups is 1. The van der Waals surface area contributed by atoms with Gasteiger partial charge in [-0.3, -0.25) is 4.79 Å². The van der Waals surface area contributed by atoms with E-state index >= 15 is 0 Å². The van der Waals surface area contributed by atoms with Crippen molar-refractivity contribution in [3.8, 4) is 5.75 Å². The molecule has 2 rings (SSSR count). The molecule has 0 radical (unpaired) electrons. The van der Waals surface area contributed by atoms with Gasteiger partial charge in [-0.2, -0.15) is 11.8 Å². The standard InChI is InChI=1S/C15H21NO3S/c1-20-11-15(17)16-12-5-7-13(8-6-12)19-10-14-4-2-3-9-18-14/h5-8,14H,2-4,9-11H2,1H3,(H,16,17). The van der Waals surface area contributed by atoms with Crippen LogP contribution in [0.5, 0.6) is 5.75 Å². The Kier molecular flexibility index (Phi) is 6.21. The van der Waals surface area contributed by atoms with Crippen LogP contribution in [0.2, 0.25) is 0 Å². The Morgan fingerprint density at radius 2 is 2.20 bits per heavy atom. The van der Waals surface area contributed by atoms with Crippen molar-refractivity contribution >= 4 is 23.4 Å². The van der Waals surface area contributed by atoms with Crippen LogP contribution in [0, 0.1) is 0 Å². The van der Waals surface area contributed by atoms with Gasteiger partial charge >= 0.3 is 0 Å². The lowest BCUT2D eigenvalue weighted by atomic mass is 10.1. The van der Waals surface area contributed by atoms with Gasteiger partial charge in [0.2, 0.25) is 5.91 Å². The molecular formula is C15H21NO3S. The van der Waals surface area contributed by atoms with Crippen molar-refractivity contribution in [3.63, 3.8) is 0 Å². The maximum atomic E-state index is 11.4. The van der Waals surface area contributed by atoms with Gasteiger partial charge in [0, 0.05) is 12.3 Å². The van der Waals surface area contributed by atoms with Gasteiger partial charge in [-0.1, -0.05) is 0 Å². The molecule has 1 fully saturated rings. The Morgan fingerprint density at radius 3 is 2.85 bits per heavy atom. The molecule has 1 unspecified atom stereocenters. The molecule has 1 aliphatic rings. The van der Waals surface area contributed by atoms with Crippen molar-refractivity contribution in [1.82, 2.24) is 0 Å². The molecule has 0 aliphatic carbocycles. The third-order valence-electron chi connectivity index (χ3n) is 3.12. The van der Waals surface area contributed by atoms with Gasteiger partial charge in [0.1, 0.15) is 12.4 Å². The summed E-state index contributed by atoms with van der Waals surface area (Å²) < 4.78 is 11.3. The van der Waals surface area contributed by atoms with E-state index in [9.17, 15) is 4.79 Å². The Balaban J connectivity index is 1.77. The molecule has 0 saturated carbocycles. The first-order valence-electron chi connectivity index (χ1n) is 6.91. The molecule has 0 spiro atoms. The lowest BCUT2D eigenvalue weighted by Gasteiger charge is -2.22. The van der Waals surface area contributed by atoms with E-state index in [1.807, 2.05) is 30.5 Å². The summed E-state index contributed by atoms with van der Waals surface area (Å²) in [7, 11) is 0. The average Bonchev–Trinajstić information content (AvgIpc) is 2.48. The Bertz CT molecular complexity index is 416. The van der Waals surface area contributed by atoms with Crippen molar-refractivity contribution in [2.75, 3.05) is 30.5 Å². The number of amides is 1. The fraction of sp³-hybridized carbons (Fsp3) is 0.533. The molecule has 1 aromatic carbocycles. The highest BCUT2D eigenvalue weighted by Gasteiger charge is 2.14. The molecule has 1 heterocycles. The van der Waals surface area contributed by atoms with Crippen LogP contribution in [0.1, 0.15) is 19.3 Å².